The first-order valence-corrected chi connectivity index (χ1v) is 8.30. The predicted molar refractivity (Wildman–Crippen MR) is 87.5 cm³/mol. The number of hydrogen-bond acceptors (Lipinski definition) is 3. The van der Waals surface area contributed by atoms with E-state index in [1.807, 2.05) is 24.6 Å². The van der Waals surface area contributed by atoms with Crippen molar-refractivity contribution in [3.05, 3.63) is 54.4 Å². The molecule has 0 radical (unpaired) electrons. The van der Waals surface area contributed by atoms with Gasteiger partial charge in [-0.25, -0.2) is 13.4 Å². The number of fused-ring (bicyclic) bond motifs is 1. The van der Waals surface area contributed by atoms with Gasteiger partial charge in [-0.1, -0.05) is 17.7 Å². The van der Waals surface area contributed by atoms with Gasteiger partial charge in [-0.2, -0.15) is 0 Å². The zero-order chi connectivity index (χ0) is 15.9. The summed E-state index contributed by atoms with van der Waals surface area (Å²) in [5, 5.41) is 0. The van der Waals surface area contributed by atoms with Gasteiger partial charge in [-0.15, -0.1) is 0 Å². The van der Waals surface area contributed by atoms with Crippen LogP contribution in [-0.2, 0) is 17.1 Å². The van der Waals surface area contributed by atoms with Crippen LogP contribution in [0.3, 0.4) is 0 Å². The minimum absolute atomic E-state index is 0.279. The zero-order valence-corrected chi connectivity index (χ0v) is 13.5. The molecular formula is C16H17N3O2S. The Morgan fingerprint density at radius 3 is 2.45 bits per heavy atom. The summed E-state index contributed by atoms with van der Waals surface area (Å²) in [7, 11) is -0.112. The second-order valence-corrected chi connectivity index (χ2v) is 7.28. The summed E-state index contributed by atoms with van der Waals surface area (Å²) in [6.45, 7) is 1.93. The molecule has 0 aliphatic rings. The summed E-state index contributed by atoms with van der Waals surface area (Å²) in [6, 6.07) is 12.3. The topological polar surface area (TPSA) is 55.2 Å². The van der Waals surface area contributed by atoms with Gasteiger partial charge in [-0.05, 0) is 37.3 Å². The SMILES string of the molecule is Cc1ccc(S(=O)(=O)N(C)c2ccc3c(c2)ncn3C)cc1. The molecule has 0 spiro atoms. The van der Waals surface area contributed by atoms with Crippen molar-refractivity contribution >= 4 is 26.7 Å². The van der Waals surface area contributed by atoms with Crippen molar-refractivity contribution < 1.29 is 8.42 Å². The van der Waals surface area contributed by atoms with Crippen LogP contribution in [0.2, 0.25) is 0 Å². The Labute approximate surface area is 129 Å². The van der Waals surface area contributed by atoms with Crippen LogP contribution in [0, 0.1) is 6.92 Å². The summed E-state index contributed by atoms with van der Waals surface area (Å²) in [5.41, 5.74) is 3.35. The lowest BCUT2D eigenvalue weighted by Crippen LogP contribution is -2.26. The normalized spacial score (nSPS) is 11.8. The van der Waals surface area contributed by atoms with Gasteiger partial charge in [-0.3, -0.25) is 4.31 Å². The maximum Gasteiger partial charge on any atom is 0.264 e. The third-order valence-corrected chi connectivity index (χ3v) is 5.55. The van der Waals surface area contributed by atoms with Crippen LogP contribution in [0.15, 0.2) is 53.7 Å². The minimum atomic E-state index is -3.57. The van der Waals surface area contributed by atoms with E-state index in [-0.39, 0.29) is 4.90 Å². The molecule has 5 nitrogen and oxygen atoms in total. The van der Waals surface area contributed by atoms with E-state index < -0.39 is 10.0 Å². The van der Waals surface area contributed by atoms with Crippen molar-refractivity contribution in [2.24, 2.45) is 7.05 Å². The number of anilines is 1. The highest BCUT2D eigenvalue weighted by Gasteiger charge is 2.21. The Hall–Kier alpha value is -2.34. The molecule has 0 N–H and O–H groups in total. The average Bonchev–Trinajstić information content (AvgIpc) is 2.88. The standard InChI is InChI=1S/C16H17N3O2S/c1-12-4-7-14(8-5-12)22(20,21)19(3)13-6-9-16-15(10-13)17-11-18(16)2/h4-11H,1-3H3. The molecule has 0 aliphatic carbocycles. The lowest BCUT2D eigenvalue weighted by molar-refractivity contribution is 0.594. The van der Waals surface area contributed by atoms with E-state index in [4.69, 9.17) is 0 Å². The van der Waals surface area contributed by atoms with Crippen LogP contribution < -0.4 is 4.31 Å². The molecule has 0 amide bonds. The molecule has 0 atom stereocenters. The molecular weight excluding hydrogens is 298 g/mol. The Morgan fingerprint density at radius 2 is 1.77 bits per heavy atom. The van der Waals surface area contributed by atoms with Crippen molar-refractivity contribution in [3.63, 3.8) is 0 Å². The maximum atomic E-state index is 12.7. The van der Waals surface area contributed by atoms with E-state index in [0.717, 1.165) is 16.6 Å². The van der Waals surface area contributed by atoms with Crippen LogP contribution in [0.1, 0.15) is 5.56 Å². The molecule has 0 fully saturated rings. The summed E-state index contributed by atoms with van der Waals surface area (Å²) in [5.74, 6) is 0. The van der Waals surface area contributed by atoms with Crippen LogP contribution in [-0.4, -0.2) is 25.0 Å². The first-order chi connectivity index (χ1) is 10.4. The molecule has 1 aromatic heterocycles. The summed E-state index contributed by atoms with van der Waals surface area (Å²) in [4.78, 5) is 4.55. The molecule has 3 aromatic rings. The Balaban J connectivity index is 2.03. The van der Waals surface area contributed by atoms with Crippen LogP contribution in [0.25, 0.3) is 11.0 Å². The molecule has 0 unspecified atom stereocenters. The van der Waals surface area contributed by atoms with E-state index in [2.05, 4.69) is 4.98 Å². The van der Waals surface area contributed by atoms with Crippen LogP contribution in [0.5, 0.6) is 0 Å². The number of nitrogens with zero attached hydrogens (tertiary/aromatic N) is 3. The number of aromatic nitrogens is 2. The number of benzene rings is 2. The predicted octanol–water partition coefficient (Wildman–Crippen LogP) is 2.71. The van der Waals surface area contributed by atoms with Gasteiger partial charge in [0.1, 0.15) is 0 Å². The van der Waals surface area contributed by atoms with E-state index >= 15 is 0 Å². The highest BCUT2D eigenvalue weighted by molar-refractivity contribution is 7.92. The maximum absolute atomic E-state index is 12.7. The monoisotopic (exact) mass is 315 g/mol. The largest absolute Gasteiger partial charge is 0.334 e. The highest BCUT2D eigenvalue weighted by Crippen LogP contribution is 2.25. The number of imidazole rings is 1. The van der Waals surface area contributed by atoms with Gasteiger partial charge in [0.15, 0.2) is 0 Å². The molecule has 6 heteroatoms. The number of aryl methyl sites for hydroxylation is 2. The van der Waals surface area contributed by atoms with E-state index in [1.54, 1.807) is 49.8 Å². The van der Waals surface area contributed by atoms with Gasteiger partial charge in [0.25, 0.3) is 10.0 Å². The van der Waals surface area contributed by atoms with Gasteiger partial charge in [0.2, 0.25) is 0 Å². The van der Waals surface area contributed by atoms with Crippen molar-refractivity contribution in [2.75, 3.05) is 11.4 Å². The summed E-state index contributed by atoms with van der Waals surface area (Å²) in [6.07, 6.45) is 1.71. The smallest absolute Gasteiger partial charge is 0.264 e. The molecule has 3 rings (SSSR count). The Morgan fingerprint density at radius 1 is 1.09 bits per heavy atom. The highest BCUT2D eigenvalue weighted by atomic mass is 32.2. The third kappa shape index (κ3) is 2.35. The fourth-order valence-corrected chi connectivity index (χ4v) is 3.51. The fourth-order valence-electron chi connectivity index (χ4n) is 2.33. The van der Waals surface area contributed by atoms with Crippen LogP contribution >= 0.6 is 0 Å². The molecule has 0 bridgehead atoms. The summed E-state index contributed by atoms with van der Waals surface area (Å²) >= 11 is 0. The van der Waals surface area contributed by atoms with Gasteiger partial charge in [0, 0.05) is 14.1 Å². The average molecular weight is 315 g/mol. The van der Waals surface area contributed by atoms with Crippen molar-refractivity contribution in [3.8, 4) is 0 Å². The fraction of sp³-hybridized carbons (Fsp3) is 0.188. The third-order valence-electron chi connectivity index (χ3n) is 3.75. The second-order valence-electron chi connectivity index (χ2n) is 5.31. The van der Waals surface area contributed by atoms with E-state index in [0.29, 0.717) is 5.69 Å². The number of hydrogen-bond donors (Lipinski definition) is 0. The molecule has 0 saturated heterocycles. The number of rotatable bonds is 3. The summed E-state index contributed by atoms with van der Waals surface area (Å²) < 4.78 is 28.6. The second kappa shape index (κ2) is 5.14. The number of sulfonamides is 1. The van der Waals surface area contributed by atoms with Gasteiger partial charge < -0.3 is 4.57 Å². The minimum Gasteiger partial charge on any atom is -0.334 e. The Bertz CT molecular complexity index is 928. The zero-order valence-electron chi connectivity index (χ0n) is 12.7. The molecule has 1 heterocycles. The van der Waals surface area contributed by atoms with E-state index in [1.165, 1.54) is 4.31 Å². The van der Waals surface area contributed by atoms with E-state index in [9.17, 15) is 8.42 Å². The molecule has 2 aromatic carbocycles. The quantitative estimate of drug-likeness (QED) is 0.747. The first-order valence-electron chi connectivity index (χ1n) is 6.86. The molecule has 0 saturated carbocycles. The molecule has 22 heavy (non-hydrogen) atoms. The van der Waals surface area contributed by atoms with Gasteiger partial charge >= 0.3 is 0 Å². The Kier molecular flexibility index (Phi) is 3.41. The van der Waals surface area contributed by atoms with Gasteiger partial charge in [0.05, 0.1) is 27.9 Å². The van der Waals surface area contributed by atoms with Crippen LogP contribution in [0.4, 0.5) is 5.69 Å². The molecule has 0 aliphatic heterocycles. The lowest BCUT2D eigenvalue weighted by Gasteiger charge is -2.19. The lowest BCUT2D eigenvalue weighted by atomic mass is 10.2. The van der Waals surface area contributed by atoms with Crippen molar-refractivity contribution in [1.82, 2.24) is 9.55 Å². The molecule has 114 valence electrons. The van der Waals surface area contributed by atoms with Crippen molar-refractivity contribution in [1.29, 1.82) is 0 Å². The van der Waals surface area contributed by atoms with Crippen molar-refractivity contribution in [2.45, 2.75) is 11.8 Å². The first kappa shape index (κ1) is 14.6.